The first-order valence-electron chi connectivity index (χ1n) is 11.3. The molecule has 0 aliphatic rings. The van der Waals surface area contributed by atoms with Crippen LogP contribution >= 0.6 is 0 Å². The first kappa shape index (κ1) is 25.8. The van der Waals surface area contributed by atoms with Gasteiger partial charge in [0.05, 0.1) is 24.4 Å². The molecule has 0 bridgehead atoms. The number of benzene rings is 3. The lowest BCUT2D eigenvalue weighted by molar-refractivity contribution is -0.137. The van der Waals surface area contributed by atoms with Crippen LogP contribution in [0, 0.1) is 18.2 Å². The van der Waals surface area contributed by atoms with E-state index in [-0.39, 0.29) is 42.3 Å². The van der Waals surface area contributed by atoms with Crippen LogP contribution < -0.4 is 20.1 Å². The van der Waals surface area contributed by atoms with Crippen molar-refractivity contribution < 1.29 is 33.0 Å². The molecular weight excluding hydrogens is 498 g/mol. The van der Waals surface area contributed by atoms with E-state index in [2.05, 4.69) is 20.5 Å². The molecule has 0 unspecified atom stereocenters. The zero-order valence-corrected chi connectivity index (χ0v) is 19.7. The quantitative estimate of drug-likeness (QED) is 0.167. The van der Waals surface area contributed by atoms with Gasteiger partial charge in [-0.25, -0.2) is 18.4 Å². The number of nitrogens with one attached hydrogen (secondary N) is 2. The van der Waals surface area contributed by atoms with Crippen molar-refractivity contribution in [1.29, 1.82) is 0 Å². The number of carboxylic acid groups (broad SMARTS) is 1. The number of rotatable bonds is 9. The Morgan fingerprint density at radius 1 is 1.00 bits per heavy atom. The molecule has 1 aromatic heterocycles. The minimum Gasteiger partial charge on any atom is -0.505 e. The average molecular weight is 518 g/mol. The monoisotopic (exact) mass is 518 g/mol. The summed E-state index contributed by atoms with van der Waals surface area (Å²) < 4.78 is 39.2. The van der Waals surface area contributed by atoms with Crippen molar-refractivity contribution in [1.82, 2.24) is 4.98 Å². The second-order valence-electron chi connectivity index (χ2n) is 7.93. The van der Waals surface area contributed by atoms with Gasteiger partial charge in [-0.2, -0.15) is 0 Å². The molecule has 9 nitrogen and oxygen atoms in total. The topological polar surface area (TPSA) is 114 Å². The Morgan fingerprint density at radius 2 is 1.79 bits per heavy atom. The van der Waals surface area contributed by atoms with Gasteiger partial charge >= 0.3 is 12.0 Å². The van der Waals surface area contributed by atoms with Crippen molar-refractivity contribution in [2.24, 2.45) is 0 Å². The van der Waals surface area contributed by atoms with Crippen molar-refractivity contribution in [2.45, 2.75) is 12.8 Å². The van der Waals surface area contributed by atoms with E-state index in [0.29, 0.717) is 22.3 Å². The largest absolute Gasteiger partial charge is 0.505 e. The van der Waals surface area contributed by atoms with Crippen LogP contribution in [0.25, 0.3) is 15.7 Å². The Bertz CT molecular complexity index is 1540. The lowest BCUT2D eigenvalue weighted by atomic mass is 10.1. The molecule has 4 aromatic rings. The van der Waals surface area contributed by atoms with E-state index in [4.69, 9.17) is 21.2 Å². The van der Waals surface area contributed by atoms with E-state index in [1.54, 1.807) is 12.1 Å². The Hall–Kier alpha value is -5.24. The van der Waals surface area contributed by atoms with E-state index < -0.39 is 23.6 Å². The summed E-state index contributed by atoms with van der Waals surface area (Å²) in [6, 6.07) is 12.9. The van der Waals surface area contributed by atoms with Crippen LogP contribution in [0.2, 0.25) is 0 Å². The summed E-state index contributed by atoms with van der Waals surface area (Å²) in [5, 5.41) is 14.1. The fourth-order valence-electron chi connectivity index (χ4n) is 3.44. The maximum atomic E-state index is 14.7. The predicted octanol–water partition coefficient (Wildman–Crippen LogP) is 6.74. The molecule has 0 fully saturated rings. The summed E-state index contributed by atoms with van der Waals surface area (Å²) in [4.78, 5) is 30.6. The van der Waals surface area contributed by atoms with Crippen molar-refractivity contribution >= 4 is 40.0 Å². The highest BCUT2D eigenvalue weighted by Gasteiger charge is 2.14. The zero-order chi connectivity index (χ0) is 27.1. The molecule has 2 amide bonds. The maximum absolute atomic E-state index is 14.7. The van der Waals surface area contributed by atoms with Crippen LogP contribution in [0.1, 0.15) is 12.8 Å². The molecule has 0 saturated heterocycles. The van der Waals surface area contributed by atoms with Gasteiger partial charge in [0.2, 0.25) is 5.69 Å². The second kappa shape index (κ2) is 11.7. The number of nitrogens with zero attached hydrogens (tertiary/aromatic N) is 2. The Kier molecular flexibility index (Phi) is 7.93. The molecule has 0 spiro atoms. The number of aliphatic carboxylic acids is 1. The molecular formula is C27H20F2N4O5. The van der Waals surface area contributed by atoms with Gasteiger partial charge in [0, 0.05) is 29.8 Å². The number of anilines is 2. The lowest BCUT2D eigenvalue weighted by Crippen LogP contribution is -2.20. The first-order chi connectivity index (χ1) is 18.3. The number of hydrogen-bond acceptors (Lipinski definition) is 5. The fraction of sp³-hybridized carbons (Fsp3) is 0.111. The van der Waals surface area contributed by atoms with Gasteiger partial charge < -0.3 is 25.2 Å². The fourth-order valence-corrected chi connectivity index (χ4v) is 3.44. The first-order valence-corrected chi connectivity index (χ1v) is 11.3. The summed E-state index contributed by atoms with van der Waals surface area (Å²) in [5.74, 6) is -1.43. The van der Waals surface area contributed by atoms with Crippen LogP contribution in [0.3, 0.4) is 0 Å². The van der Waals surface area contributed by atoms with E-state index >= 15 is 0 Å². The molecule has 38 heavy (non-hydrogen) atoms. The van der Waals surface area contributed by atoms with Crippen LogP contribution in [0.5, 0.6) is 17.2 Å². The van der Waals surface area contributed by atoms with E-state index in [1.807, 2.05) is 0 Å². The van der Waals surface area contributed by atoms with Gasteiger partial charge in [-0.1, -0.05) is 0 Å². The number of carboxylic acids is 1. The van der Waals surface area contributed by atoms with Gasteiger partial charge in [0.25, 0.3) is 0 Å². The lowest BCUT2D eigenvalue weighted by Gasteiger charge is -2.13. The van der Waals surface area contributed by atoms with E-state index in [1.165, 1.54) is 48.7 Å². The Morgan fingerprint density at radius 3 is 2.50 bits per heavy atom. The molecule has 1 heterocycles. The van der Waals surface area contributed by atoms with Gasteiger partial charge in [-0.15, -0.1) is 0 Å². The third kappa shape index (κ3) is 6.50. The highest BCUT2D eigenvalue weighted by Crippen LogP contribution is 2.37. The molecule has 3 aromatic carbocycles. The van der Waals surface area contributed by atoms with Crippen molar-refractivity contribution in [3.63, 3.8) is 0 Å². The van der Waals surface area contributed by atoms with E-state index in [9.17, 15) is 18.4 Å². The number of ether oxygens (including phenoxy) is 2. The number of carbonyl (C=O) groups is 2. The number of urea groups is 1. The molecule has 0 aliphatic heterocycles. The zero-order valence-electron chi connectivity index (χ0n) is 19.7. The number of hydrogen-bond donors (Lipinski definition) is 3. The SMILES string of the molecule is [C-]#[N+]c1cc2c(Oc3ccc(NC(=O)Nc4ccc(F)cc4)c(F)c3)ccnc2cc1OCCCC(=O)O. The molecule has 192 valence electrons. The summed E-state index contributed by atoms with van der Waals surface area (Å²) >= 11 is 0. The smallest absolute Gasteiger partial charge is 0.323 e. The van der Waals surface area contributed by atoms with Crippen LogP contribution in [-0.2, 0) is 4.79 Å². The Balaban J connectivity index is 1.48. The maximum Gasteiger partial charge on any atom is 0.323 e. The number of aromatic nitrogens is 1. The minimum absolute atomic E-state index is 0.0546. The minimum atomic E-state index is -0.936. The standard InChI is InChI=1S/C27H20F2N4O5/c1-30-23-14-19-22(15-25(23)37-12-2-3-26(34)35)31-11-10-24(19)38-18-8-9-21(20(29)13-18)33-27(36)32-17-6-4-16(28)5-7-17/h4-11,13-15H,2-3,12H2,(H,34,35)(H2,32,33,36). The highest BCUT2D eigenvalue weighted by molar-refractivity contribution is 5.99. The molecule has 0 aliphatic carbocycles. The molecule has 4 rings (SSSR count). The summed E-state index contributed by atoms with van der Waals surface area (Å²) in [7, 11) is 0. The summed E-state index contributed by atoms with van der Waals surface area (Å²) in [5.41, 5.74) is 0.876. The molecule has 0 atom stereocenters. The third-order valence-corrected chi connectivity index (χ3v) is 5.21. The van der Waals surface area contributed by atoms with Crippen molar-refractivity contribution in [3.05, 3.63) is 89.9 Å². The summed E-state index contributed by atoms with van der Waals surface area (Å²) in [6.07, 6.45) is 1.71. The normalized spacial score (nSPS) is 10.4. The van der Waals surface area contributed by atoms with Crippen LogP contribution in [0.15, 0.2) is 66.9 Å². The predicted molar refractivity (Wildman–Crippen MR) is 136 cm³/mol. The number of halogens is 2. The third-order valence-electron chi connectivity index (χ3n) is 5.21. The summed E-state index contributed by atoms with van der Waals surface area (Å²) in [6.45, 7) is 7.59. The molecule has 11 heteroatoms. The van der Waals surface area contributed by atoms with Gasteiger partial charge in [0.1, 0.15) is 28.9 Å². The number of pyridine rings is 1. The molecule has 0 radical (unpaired) electrons. The molecule has 3 N–H and O–H groups in total. The number of amides is 2. The number of carbonyl (C=O) groups excluding carboxylic acids is 1. The van der Waals surface area contributed by atoms with Gasteiger partial charge in [0.15, 0.2) is 0 Å². The van der Waals surface area contributed by atoms with Gasteiger partial charge in [-0.05, 0) is 61.0 Å². The highest BCUT2D eigenvalue weighted by atomic mass is 19.1. The van der Waals surface area contributed by atoms with Crippen LogP contribution in [-0.4, -0.2) is 28.7 Å². The Labute approximate surface area is 215 Å². The van der Waals surface area contributed by atoms with Crippen LogP contribution in [0.4, 0.5) is 30.6 Å². The second-order valence-corrected chi connectivity index (χ2v) is 7.93. The van der Waals surface area contributed by atoms with Crippen molar-refractivity contribution in [2.75, 3.05) is 17.2 Å². The number of fused-ring (bicyclic) bond motifs is 1. The van der Waals surface area contributed by atoms with Gasteiger partial charge in [-0.3, -0.25) is 9.78 Å². The van der Waals surface area contributed by atoms with Crippen molar-refractivity contribution in [3.8, 4) is 17.2 Å². The average Bonchev–Trinajstić information content (AvgIpc) is 2.89. The molecule has 0 saturated carbocycles. The van der Waals surface area contributed by atoms with E-state index in [0.717, 1.165) is 6.07 Å².